The summed E-state index contributed by atoms with van der Waals surface area (Å²) >= 11 is 7.24. The van der Waals surface area contributed by atoms with Gasteiger partial charge in [0.05, 0.1) is 18.0 Å². The summed E-state index contributed by atoms with van der Waals surface area (Å²) in [5, 5.41) is 11.6. The highest BCUT2D eigenvalue weighted by Gasteiger charge is 2.30. The van der Waals surface area contributed by atoms with E-state index in [-0.39, 0.29) is 5.91 Å². The number of anilines is 1. The van der Waals surface area contributed by atoms with Crippen LogP contribution in [0.4, 0.5) is 5.69 Å². The number of hydrogen-bond donors (Lipinski definition) is 2. The van der Waals surface area contributed by atoms with Gasteiger partial charge in [0, 0.05) is 10.9 Å². The predicted molar refractivity (Wildman–Crippen MR) is 94.1 cm³/mol. The Bertz CT molecular complexity index is 762. The average Bonchev–Trinajstić information content (AvgIpc) is 3.33. The lowest BCUT2D eigenvalue weighted by atomic mass is 10.3. The van der Waals surface area contributed by atoms with Gasteiger partial charge in [-0.15, -0.1) is 10.2 Å². The van der Waals surface area contributed by atoms with Crippen LogP contribution in [0.2, 0.25) is 5.02 Å². The first-order valence-electron chi connectivity index (χ1n) is 7.51. The topological polar surface area (TPSA) is 95.1 Å². The van der Waals surface area contributed by atoms with Crippen LogP contribution in [0.3, 0.4) is 0 Å². The second-order valence-electron chi connectivity index (χ2n) is 5.58. The number of aromatic nitrogens is 3. The zero-order chi connectivity index (χ0) is 17.3. The van der Waals surface area contributed by atoms with Gasteiger partial charge in [0.1, 0.15) is 5.75 Å². The zero-order valence-corrected chi connectivity index (χ0v) is 14.9. The van der Waals surface area contributed by atoms with Crippen LogP contribution in [0, 0.1) is 0 Å². The molecule has 0 radical (unpaired) electrons. The number of ether oxygens (including phenoxy) is 1. The minimum atomic E-state index is -0.410. The Balaban J connectivity index is 1.68. The second kappa shape index (κ2) is 6.90. The molecule has 128 valence electrons. The van der Waals surface area contributed by atoms with Gasteiger partial charge >= 0.3 is 0 Å². The van der Waals surface area contributed by atoms with Crippen LogP contribution in [-0.4, -0.2) is 33.1 Å². The van der Waals surface area contributed by atoms with E-state index in [4.69, 9.17) is 22.2 Å². The Morgan fingerprint density at radius 2 is 2.25 bits per heavy atom. The highest BCUT2D eigenvalue weighted by molar-refractivity contribution is 8.00. The van der Waals surface area contributed by atoms with E-state index in [1.807, 2.05) is 0 Å². The van der Waals surface area contributed by atoms with E-state index in [1.54, 1.807) is 25.1 Å². The number of nitrogens with zero attached hydrogens (tertiary/aromatic N) is 3. The summed E-state index contributed by atoms with van der Waals surface area (Å²) in [6.07, 6.45) is 2.18. The molecule has 1 aliphatic rings. The van der Waals surface area contributed by atoms with Crippen LogP contribution >= 0.6 is 23.4 Å². The van der Waals surface area contributed by atoms with Crippen LogP contribution in [0.25, 0.3) is 0 Å². The Hall–Kier alpha value is -1.93. The minimum Gasteiger partial charge on any atom is -0.495 e. The Morgan fingerprint density at radius 1 is 1.50 bits per heavy atom. The summed E-state index contributed by atoms with van der Waals surface area (Å²) < 4.78 is 6.71. The molecular formula is C15H18ClN5O2S. The highest BCUT2D eigenvalue weighted by atomic mass is 35.5. The number of carbonyl (C=O) groups excluding carboxylic acids is 1. The SMILES string of the molecule is COc1ccc(Cl)cc1NC(=O)[C@@H](C)Sc1nnc(C2CC2)n1N. The molecule has 0 aliphatic heterocycles. The molecule has 1 fully saturated rings. The van der Waals surface area contributed by atoms with E-state index in [0.29, 0.717) is 27.5 Å². The van der Waals surface area contributed by atoms with Crippen molar-refractivity contribution >= 4 is 35.0 Å². The van der Waals surface area contributed by atoms with Crippen molar-refractivity contribution in [1.82, 2.24) is 14.9 Å². The first-order valence-corrected chi connectivity index (χ1v) is 8.76. The molecule has 1 aromatic heterocycles. The molecule has 3 N–H and O–H groups in total. The molecule has 1 aromatic carbocycles. The van der Waals surface area contributed by atoms with Gasteiger partial charge in [0.15, 0.2) is 5.82 Å². The third-order valence-corrected chi connectivity index (χ3v) is 5.00. The second-order valence-corrected chi connectivity index (χ2v) is 7.32. The van der Waals surface area contributed by atoms with Crippen molar-refractivity contribution in [2.45, 2.75) is 36.1 Å². The zero-order valence-electron chi connectivity index (χ0n) is 13.3. The molecule has 9 heteroatoms. The number of hydrogen-bond acceptors (Lipinski definition) is 6. The maximum Gasteiger partial charge on any atom is 0.237 e. The molecule has 0 bridgehead atoms. The molecule has 1 amide bonds. The largest absolute Gasteiger partial charge is 0.495 e. The number of nitrogens with one attached hydrogen (secondary N) is 1. The summed E-state index contributed by atoms with van der Waals surface area (Å²) in [5.41, 5.74) is 0.523. The quantitative estimate of drug-likeness (QED) is 0.602. The van der Waals surface area contributed by atoms with Crippen LogP contribution in [0.1, 0.15) is 31.5 Å². The van der Waals surface area contributed by atoms with Crippen LogP contribution in [-0.2, 0) is 4.79 Å². The smallest absolute Gasteiger partial charge is 0.237 e. The van der Waals surface area contributed by atoms with Gasteiger partial charge in [-0.25, -0.2) is 4.68 Å². The van der Waals surface area contributed by atoms with Crippen LogP contribution in [0.15, 0.2) is 23.4 Å². The maximum absolute atomic E-state index is 12.4. The minimum absolute atomic E-state index is 0.198. The van der Waals surface area contributed by atoms with Gasteiger partial charge < -0.3 is 15.9 Å². The standard InChI is InChI=1S/C15H18ClN5O2S/c1-8(24-15-20-19-13(21(15)17)9-3-4-9)14(22)18-11-7-10(16)5-6-12(11)23-2/h5-9H,3-4,17H2,1-2H3,(H,18,22)/t8-/m1/s1. The normalized spacial score (nSPS) is 15.1. The predicted octanol–water partition coefficient (Wildman–Crippen LogP) is 2.65. The van der Waals surface area contributed by atoms with Crippen molar-refractivity contribution in [3.8, 4) is 5.75 Å². The Labute approximate surface area is 148 Å². The van der Waals surface area contributed by atoms with Crippen molar-refractivity contribution in [2.75, 3.05) is 18.3 Å². The van der Waals surface area contributed by atoms with Gasteiger partial charge in [-0.2, -0.15) is 0 Å². The van der Waals surface area contributed by atoms with Crippen LogP contribution < -0.4 is 15.9 Å². The lowest BCUT2D eigenvalue weighted by Gasteiger charge is -2.14. The Morgan fingerprint density at radius 3 is 2.92 bits per heavy atom. The maximum atomic E-state index is 12.4. The van der Waals surface area contributed by atoms with Crippen molar-refractivity contribution in [3.05, 3.63) is 29.0 Å². The third kappa shape index (κ3) is 3.59. The fourth-order valence-corrected chi connectivity index (χ4v) is 3.16. The average molecular weight is 368 g/mol. The lowest BCUT2D eigenvalue weighted by Crippen LogP contribution is -2.24. The number of carbonyl (C=O) groups is 1. The number of thioether (sulfide) groups is 1. The fraction of sp³-hybridized carbons (Fsp3) is 0.400. The first kappa shape index (κ1) is 16.9. The number of nitrogens with two attached hydrogens (primary N) is 1. The number of halogens is 1. The monoisotopic (exact) mass is 367 g/mol. The molecule has 7 nitrogen and oxygen atoms in total. The van der Waals surface area contributed by atoms with Gasteiger partial charge in [-0.05, 0) is 38.0 Å². The van der Waals surface area contributed by atoms with E-state index < -0.39 is 5.25 Å². The van der Waals surface area contributed by atoms with E-state index >= 15 is 0 Å². The van der Waals surface area contributed by atoms with Crippen molar-refractivity contribution in [3.63, 3.8) is 0 Å². The number of amides is 1. The molecule has 1 atom stereocenters. The highest BCUT2D eigenvalue weighted by Crippen LogP contribution is 2.39. The van der Waals surface area contributed by atoms with Gasteiger partial charge in [-0.3, -0.25) is 4.79 Å². The number of methoxy groups -OCH3 is 1. The lowest BCUT2D eigenvalue weighted by molar-refractivity contribution is -0.115. The molecule has 2 aromatic rings. The number of rotatable bonds is 6. The first-order chi connectivity index (χ1) is 11.5. The van der Waals surface area contributed by atoms with Crippen molar-refractivity contribution in [1.29, 1.82) is 0 Å². The van der Waals surface area contributed by atoms with Gasteiger partial charge in [-0.1, -0.05) is 23.4 Å². The third-order valence-electron chi connectivity index (χ3n) is 3.70. The molecular weight excluding hydrogens is 350 g/mol. The van der Waals surface area contributed by atoms with E-state index in [1.165, 1.54) is 23.5 Å². The van der Waals surface area contributed by atoms with E-state index in [9.17, 15) is 4.79 Å². The van der Waals surface area contributed by atoms with Gasteiger partial charge in [0.25, 0.3) is 0 Å². The van der Waals surface area contributed by atoms with Gasteiger partial charge in [0.2, 0.25) is 11.1 Å². The molecule has 0 unspecified atom stereocenters. The summed E-state index contributed by atoms with van der Waals surface area (Å²) in [6, 6.07) is 5.05. The van der Waals surface area contributed by atoms with Crippen LogP contribution in [0.5, 0.6) is 5.75 Å². The molecule has 1 heterocycles. The van der Waals surface area contributed by atoms with Crippen molar-refractivity contribution in [2.24, 2.45) is 0 Å². The van der Waals surface area contributed by atoms with E-state index in [2.05, 4.69) is 15.5 Å². The molecule has 24 heavy (non-hydrogen) atoms. The molecule has 3 rings (SSSR count). The fourth-order valence-electron chi connectivity index (χ4n) is 2.21. The molecule has 0 saturated heterocycles. The molecule has 1 aliphatic carbocycles. The summed E-state index contributed by atoms with van der Waals surface area (Å²) in [5.74, 6) is 7.54. The summed E-state index contributed by atoms with van der Waals surface area (Å²) in [7, 11) is 1.54. The summed E-state index contributed by atoms with van der Waals surface area (Å²) in [6.45, 7) is 1.78. The van der Waals surface area contributed by atoms with E-state index in [0.717, 1.165) is 18.7 Å². The number of benzene rings is 1. The Kier molecular flexibility index (Phi) is 4.86. The molecule has 1 saturated carbocycles. The molecule has 0 spiro atoms. The number of nitrogen functional groups attached to an aromatic ring is 1. The summed E-state index contributed by atoms with van der Waals surface area (Å²) in [4.78, 5) is 12.4. The van der Waals surface area contributed by atoms with Crippen molar-refractivity contribution < 1.29 is 9.53 Å².